The molecule has 1 aromatic carbocycles. The molecule has 0 atom stereocenters. The van der Waals surface area contributed by atoms with Crippen LogP contribution in [0.3, 0.4) is 0 Å². The van der Waals surface area contributed by atoms with Gasteiger partial charge in [0.15, 0.2) is 0 Å². The molecule has 4 nitrogen and oxygen atoms in total. The van der Waals surface area contributed by atoms with Gasteiger partial charge in [0.2, 0.25) is 5.91 Å². The minimum Gasteiger partial charge on any atom is -0.478 e. The molecule has 1 aliphatic rings. The van der Waals surface area contributed by atoms with E-state index in [2.05, 4.69) is 0 Å². The van der Waals surface area contributed by atoms with Crippen molar-refractivity contribution in [1.82, 2.24) is 4.90 Å². The highest BCUT2D eigenvalue weighted by atomic mass is 16.4. The third kappa shape index (κ3) is 4.86. The lowest BCUT2D eigenvalue weighted by molar-refractivity contribution is -0.129. The molecule has 1 fully saturated rings. The van der Waals surface area contributed by atoms with Crippen LogP contribution in [0, 0.1) is 5.92 Å². The van der Waals surface area contributed by atoms with E-state index < -0.39 is 5.97 Å². The summed E-state index contributed by atoms with van der Waals surface area (Å²) >= 11 is 0. The number of aromatic carboxylic acids is 1. The van der Waals surface area contributed by atoms with E-state index >= 15 is 0 Å². The SMILES string of the molecule is CN(CCC1CCCCC1)C(=O)Cc1ccc(C(=O)O)cc1. The number of benzene rings is 1. The second-order valence-corrected chi connectivity index (χ2v) is 6.29. The smallest absolute Gasteiger partial charge is 0.335 e. The predicted molar refractivity (Wildman–Crippen MR) is 85.9 cm³/mol. The van der Waals surface area contributed by atoms with Crippen LogP contribution in [0.2, 0.25) is 0 Å². The van der Waals surface area contributed by atoms with Crippen molar-refractivity contribution in [3.8, 4) is 0 Å². The molecule has 0 aliphatic heterocycles. The first-order valence-electron chi connectivity index (χ1n) is 8.12. The van der Waals surface area contributed by atoms with Gasteiger partial charge in [-0.25, -0.2) is 4.79 Å². The Morgan fingerprint density at radius 3 is 2.36 bits per heavy atom. The Bertz CT molecular complexity index is 504. The molecule has 4 heteroatoms. The maximum Gasteiger partial charge on any atom is 0.335 e. The van der Waals surface area contributed by atoms with Gasteiger partial charge in [0.1, 0.15) is 0 Å². The largest absolute Gasteiger partial charge is 0.478 e. The molecule has 0 heterocycles. The zero-order chi connectivity index (χ0) is 15.9. The van der Waals surface area contributed by atoms with Gasteiger partial charge in [0, 0.05) is 13.6 Å². The predicted octanol–water partition coefficient (Wildman–Crippen LogP) is 3.36. The lowest BCUT2D eigenvalue weighted by Crippen LogP contribution is -2.30. The molecule has 1 saturated carbocycles. The van der Waals surface area contributed by atoms with E-state index in [0.29, 0.717) is 6.42 Å². The van der Waals surface area contributed by atoms with E-state index in [1.165, 1.54) is 32.1 Å². The van der Waals surface area contributed by atoms with Crippen molar-refractivity contribution < 1.29 is 14.7 Å². The number of hydrogen-bond donors (Lipinski definition) is 1. The van der Waals surface area contributed by atoms with Crippen LogP contribution in [0.5, 0.6) is 0 Å². The summed E-state index contributed by atoms with van der Waals surface area (Å²) in [5.74, 6) is -0.0692. The number of carboxylic acids is 1. The van der Waals surface area contributed by atoms with E-state index in [9.17, 15) is 9.59 Å². The normalized spacial score (nSPS) is 15.5. The van der Waals surface area contributed by atoms with Crippen LogP contribution in [-0.4, -0.2) is 35.5 Å². The van der Waals surface area contributed by atoms with Gasteiger partial charge in [-0.05, 0) is 30.0 Å². The van der Waals surface area contributed by atoms with Crippen molar-refractivity contribution in [2.24, 2.45) is 5.92 Å². The number of amides is 1. The summed E-state index contributed by atoms with van der Waals surface area (Å²) in [5.41, 5.74) is 1.11. The Hall–Kier alpha value is -1.84. The van der Waals surface area contributed by atoms with Crippen molar-refractivity contribution in [3.63, 3.8) is 0 Å². The summed E-state index contributed by atoms with van der Waals surface area (Å²) in [4.78, 5) is 24.8. The highest BCUT2D eigenvalue weighted by Gasteiger charge is 2.16. The van der Waals surface area contributed by atoms with Crippen LogP contribution in [0.25, 0.3) is 0 Å². The van der Waals surface area contributed by atoms with Gasteiger partial charge >= 0.3 is 5.97 Å². The maximum atomic E-state index is 12.2. The summed E-state index contributed by atoms with van der Waals surface area (Å²) < 4.78 is 0. The molecular weight excluding hydrogens is 278 g/mol. The number of likely N-dealkylation sites (N-methyl/N-ethyl adjacent to an activating group) is 1. The molecule has 0 radical (unpaired) electrons. The second-order valence-electron chi connectivity index (χ2n) is 6.29. The van der Waals surface area contributed by atoms with Gasteiger partial charge in [-0.1, -0.05) is 44.2 Å². The standard InChI is InChI=1S/C18H25NO3/c1-19(12-11-14-5-3-2-4-6-14)17(20)13-15-7-9-16(10-8-15)18(21)22/h7-10,14H,2-6,11-13H2,1H3,(H,21,22). The fraction of sp³-hybridized carbons (Fsp3) is 0.556. The first-order valence-corrected chi connectivity index (χ1v) is 8.12. The molecule has 120 valence electrons. The van der Waals surface area contributed by atoms with E-state index in [4.69, 9.17) is 5.11 Å². The van der Waals surface area contributed by atoms with Crippen molar-refractivity contribution in [3.05, 3.63) is 35.4 Å². The number of carboxylic acid groups (broad SMARTS) is 1. The van der Waals surface area contributed by atoms with Crippen LogP contribution in [-0.2, 0) is 11.2 Å². The van der Waals surface area contributed by atoms with Gasteiger partial charge in [-0.2, -0.15) is 0 Å². The highest BCUT2D eigenvalue weighted by Crippen LogP contribution is 2.26. The van der Waals surface area contributed by atoms with Gasteiger partial charge in [-0.15, -0.1) is 0 Å². The minimum absolute atomic E-state index is 0.0962. The minimum atomic E-state index is -0.942. The summed E-state index contributed by atoms with van der Waals surface area (Å²) in [6.07, 6.45) is 8.06. The van der Waals surface area contributed by atoms with Crippen LogP contribution >= 0.6 is 0 Å². The Morgan fingerprint density at radius 2 is 1.77 bits per heavy atom. The first-order chi connectivity index (χ1) is 10.6. The third-order valence-electron chi connectivity index (χ3n) is 4.58. The summed E-state index contributed by atoms with van der Waals surface area (Å²) in [5, 5.41) is 8.86. The number of nitrogens with zero attached hydrogens (tertiary/aromatic N) is 1. The van der Waals surface area contributed by atoms with Crippen molar-refractivity contribution in [1.29, 1.82) is 0 Å². The number of carbonyl (C=O) groups excluding carboxylic acids is 1. The summed E-state index contributed by atoms with van der Waals surface area (Å²) in [7, 11) is 1.86. The second kappa shape index (κ2) is 7.97. The van der Waals surface area contributed by atoms with Crippen molar-refractivity contribution >= 4 is 11.9 Å². The maximum absolute atomic E-state index is 12.2. The fourth-order valence-electron chi connectivity index (χ4n) is 3.05. The zero-order valence-electron chi connectivity index (χ0n) is 13.3. The zero-order valence-corrected chi connectivity index (χ0v) is 13.3. The quantitative estimate of drug-likeness (QED) is 0.876. The Kier molecular flexibility index (Phi) is 5.99. The molecule has 1 N–H and O–H groups in total. The summed E-state index contributed by atoms with van der Waals surface area (Å²) in [6.45, 7) is 0.816. The van der Waals surface area contributed by atoms with Crippen molar-refractivity contribution in [2.45, 2.75) is 44.9 Å². The molecule has 0 aromatic heterocycles. The Morgan fingerprint density at radius 1 is 1.14 bits per heavy atom. The molecule has 0 unspecified atom stereocenters. The van der Waals surface area contributed by atoms with Gasteiger partial charge in [0.05, 0.1) is 12.0 Å². The van der Waals surface area contributed by atoms with Gasteiger partial charge < -0.3 is 10.0 Å². The monoisotopic (exact) mass is 303 g/mol. The molecule has 2 rings (SSSR count). The molecule has 0 bridgehead atoms. The Balaban J connectivity index is 1.78. The molecule has 1 amide bonds. The average molecular weight is 303 g/mol. The highest BCUT2D eigenvalue weighted by molar-refractivity contribution is 5.87. The molecule has 1 aliphatic carbocycles. The van der Waals surface area contributed by atoms with Gasteiger partial charge in [-0.3, -0.25) is 4.79 Å². The molecule has 0 spiro atoms. The molecule has 0 saturated heterocycles. The fourth-order valence-corrected chi connectivity index (χ4v) is 3.05. The number of rotatable bonds is 6. The third-order valence-corrected chi connectivity index (χ3v) is 4.58. The van der Waals surface area contributed by atoms with Crippen LogP contribution in [0.15, 0.2) is 24.3 Å². The number of hydrogen-bond acceptors (Lipinski definition) is 2. The molecular formula is C18H25NO3. The molecule has 1 aromatic rings. The average Bonchev–Trinajstić information content (AvgIpc) is 2.54. The van der Waals surface area contributed by atoms with Crippen LogP contribution < -0.4 is 0 Å². The van der Waals surface area contributed by atoms with Crippen LogP contribution in [0.1, 0.15) is 54.4 Å². The van der Waals surface area contributed by atoms with E-state index in [1.807, 2.05) is 7.05 Å². The van der Waals surface area contributed by atoms with Crippen molar-refractivity contribution in [2.75, 3.05) is 13.6 Å². The van der Waals surface area contributed by atoms with E-state index in [1.54, 1.807) is 29.2 Å². The van der Waals surface area contributed by atoms with E-state index in [0.717, 1.165) is 24.4 Å². The Labute approximate surface area is 132 Å². The topological polar surface area (TPSA) is 57.6 Å². The lowest BCUT2D eigenvalue weighted by atomic mass is 9.87. The van der Waals surface area contributed by atoms with E-state index in [-0.39, 0.29) is 11.5 Å². The van der Waals surface area contributed by atoms with Gasteiger partial charge in [0.25, 0.3) is 0 Å². The first kappa shape index (κ1) is 16.5. The lowest BCUT2D eigenvalue weighted by Gasteiger charge is -2.24. The van der Waals surface area contributed by atoms with Crippen LogP contribution in [0.4, 0.5) is 0 Å². The number of carbonyl (C=O) groups is 2. The summed E-state index contributed by atoms with van der Waals surface area (Å²) in [6, 6.07) is 6.53. The molecule has 22 heavy (non-hydrogen) atoms.